The Morgan fingerprint density at radius 2 is 1.79 bits per heavy atom. The van der Waals surface area contributed by atoms with Gasteiger partial charge >= 0.3 is 0 Å². The lowest BCUT2D eigenvalue weighted by molar-refractivity contribution is 1.45. The molecule has 5 heteroatoms. The van der Waals surface area contributed by atoms with E-state index in [2.05, 4.69) is 21.9 Å². The van der Waals surface area contributed by atoms with E-state index >= 15 is 0 Å². The van der Waals surface area contributed by atoms with E-state index in [9.17, 15) is 0 Å². The molecule has 0 aliphatic rings. The number of halogens is 2. The van der Waals surface area contributed by atoms with Crippen LogP contribution >= 0.6 is 23.2 Å². The van der Waals surface area contributed by atoms with Crippen molar-refractivity contribution >= 4 is 28.9 Å². The van der Waals surface area contributed by atoms with Crippen molar-refractivity contribution in [3.63, 3.8) is 0 Å². The van der Waals surface area contributed by atoms with Crippen molar-refractivity contribution in [2.24, 2.45) is 5.11 Å². The number of rotatable bonds is 1. The van der Waals surface area contributed by atoms with Crippen LogP contribution in [0.15, 0.2) is 47.6 Å². The molecule has 0 saturated carbocycles. The molecular formula is C14H7Cl2N3. The highest BCUT2D eigenvalue weighted by Gasteiger charge is 2.05. The van der Waals surface area contributed by atoms with Crippen LogP contribution < -0.4 is 0 Å². The number of azide groups is 1. The van der Waals surface area contributed by atoms with Gasteiger partial charge in [-0.15, -0.1) is 0 Å². The maximum atomic E-state index is 8.54. The fourth-order valence-corrected chi connectivity index (χ4v) is 2.00. The van der Waals surface area contributed by atoms with Crippen molar-refractivity contribution in [2.45, 2.75) is 0 Å². The highest BCUT2D eigenvalue weighted by molar-refractivity contribution is 6.36. The lowest BCUT2D eigenvalue weighted by atomic mass is 10.1. The van der Waals surface area contributed by atoms with Gasteiger partial charge in [-0.2, -0.15) is 0 Å². The summed E-state index contributed by atoms with van der Waals surface area (Å²) in [6.07, 6.45) is 0. The Balaban J connectivity index is 2.51. The summed E-state index contributed by atoms with van der Waals surface area (Å²) < 4.78 is 0. The molecule has 0 spiro atoms. The zero-order valence-electron chi connectivity index (χ0n) is 9.64. The first-order chi connectivity index (χ1) is 9.20. The molecule has 0 aromatic heterocycles. The van der Waals surface area contributed by atoms with E-state index in [0.29, 0.717) is 10.6 Å². The lowest BCUT2D eigenvalue weighted by Crippen LogP contribution is -1.80. The third kappa shape index (κ3) is 3.43. The van der Waals surface area contributed by atoms with Crippen molar-refractivity contribution in [3.05, 3.63) is 74.1 Å². The first-order valence-corrected chi connectivity index (χ1v) is 6.07. The van der Waals surface area contributed by atoms with Gasteiger partial charge in [-0.1, -0.05) is 58.4 Å². The predicted molar refractivity (Wildman–Crippen MR) is 77.7 cm³/mol. The van der Waals surface area contributed by atoms with Gasteiger partial charge in [0.15, 0.2) is 0 Å². The van der Waals surface area contributed by atoms with Gasteiger partial charge in [0.1, 0.15) is 0 Å². The molecule has 0 bridgehead atoms. The largest absolute Gasteiger partial charge is 0.0842 e. The minimum atomic E-state index is 0.280. The average Bonchev–Trinajstić information content (AvgIpc) is 2.41. The predicted octanol–water partition coefficient (Wildman–Crippen LogP) is 5.34. The highest BCUT2D eigenvalue weighted by atomic mass is 35.5. The van der Waals surface area contributed by atoms with E-state index in [1.165, 1.54) is 6.07 Å². The molecule has 92 valence electrons. The highest BCUT2D eigenvalue weighted by Crippen LogP contribution is 2.32. The fraction of sp³-hybridized carbons (Fsp3) is 0. The summed E-state index contributed by atoms with van der Waals surface area (Å²) in [6.45, 7) is 0. The van der Waals surface area contributed by atoms with Crippen LogP contribution in [-0.4, -0.2) is 0 Å². The molecule has 0 saturated heterocycles. The van der Waals surface area contributed by atoms with E-state index in [4.69, 9.17) is 28.7 Å². The van der Waals surface area contributed by atoms with Crippen molar-refractivity contribution in [1.82, 2.24) is 0 Å². The smallest absolute Gasteiger partial charge is 0.0719 e. The van der Waals surface area contributed by atoms with Crippen LogP contribution in [0.2, 0.25) is 10.0 Å². The zero-order valence-corrected chi connectivity index (χ0v) is 11.2. The molecule has 2 rings (SSSR count). The van der Waals surface area contributed by atoms with Gasteiger partial charge < -0.3 is 0 Å². The van der Waals surface area contributed by atoms with Crippen LogP contribution in [0, 0.1) is 11.8 Å². The lowest BCUT2D eigenvalue weighted by Gasteiger charge is -2.01. The Kier molecular flexibility index (Phi) is 4.33. The summed E-state index contributed by atoms with van der Waals surface area (Å²) in [6, 6.07) is 12.6. The molecule has 0 radical (unpaired) electrons. The molecule has 0 unspecified atom stereocenters. The first kappa shape index (κ1) is 13.3. The van der Waals surface area contributed by atoms with Crippen LogP contribution in [0.3, 0.4) is 0 Å². The van der Waals surface area contributed by atoms with Gasteiger partial charge in [0.2, 0.25) is 0 Å². The molecule has 19 heavy (non-hydrogen) atoms. The normalized spacial score (nSPS) is 9.16. The topological polar surface area (TPSA) is 48.8 Å². The minimum absolute atomic E-state index is 0.280. The monoisotopic (exact) mass is 287 g/mol. The Bertz CT molecular complexity index is 709. The Morgan fingerprint density at radius 3 is 2.47 bits per heavy atom. The van der Waals surface area contributed by atoms with Gasteiger partial charge in [-0.25, -0.2) is 0 Å². The maximum absolute atomic E-state index is 8.54. The van der Waals surface area contributed by atoms with Crippen LogP contribution in [-0.2, 0) is 0 Å². The molecule has 0 aliphatic carbocycles. The van der Waals surface area contributed by atoms with Crippen molar-refractivity contribution in [1.29, 1.82) is 0 Å². The van der Waals surface area contributed by atoms with Gasteiger partial charge in [0.25, 0.3) is 0 Å². The van der Waals surface area contributed by atoms with Crippen LogP contribution in [0.1, 0.15) is 11.1 Å². The molecule has 0 aliphatic heterocycles. The summed E-state index contributed by atoms with van der Waals surface area (Å²) >= 11 is 11.9. The zero-order chi connectivity index (χ0) is 13.7. The van der Waals surface area contributed by atoms with E-state index < -0.39 is 0 Å². The minimum Gasteiger partial charge on any atom is -0.0842 e. The average molecular weight is 288 g/mol. The first-order valence-electron chi connectivity index (χ1n) is 5.32. The summed E-state index contributed by atoms with van der Waals surface area (Å²) in [5.41, 5.74) is 10.2. The number of nitrogens with zero attached hydrogens (tertiary/aromatic N) is 3. The second-order valence-electron chi connectivity index (χ2n) is 3.59. The SMILES string of the molecule is [N-]=[N+]=Nc1c(Cl)cc(Cl)cc1C#Cc1ccccc1. The number of benzene rings is 2. The third-order valence-electron chi connectivity index (χ3n) is 2.29. The molecule has 0 atom stereocenters. The number of hydrogen-bond acceptors (Lipinski definition) is 1. The van der Waals surface area contributed by atoms with Crippen molar-refractivity contribution < 1.29 is 0 Å². The molecule has 2 aromatic rings. The summed E-state index contributed by atoms with van der Waals surface area (Å²) in [5.74, 6) is 5.88. The van der Waals surface area contributed by atoms with Gasteiger partial charge in [-0.3, -0.25) is 0 Å². The summed E-state index contributed by atoms with van der Waals surface area (Å²) in [4.78, 5) is 2.74. The Labute approximate surface area is 120 Å². The summed E-state index contributed by atoms with van der Waals surface area (Å²) in [7, 11) is 0. The Morgan fingerprint density at radius 1 is 1.05 bits per heavy atom. The van der Waals surface area contributed by atoms with Crippen LogP contribution in [0.5, 0.6) is 0 Å². The summed E-state index contributed by atoms with van der Waals surface area (Å²) in [5, 5.41) is 4.27. The van der Waals surface area contributed by atoms with E-state index in [1.807, 2.05) is 30.3 Å². The van der Waals surface area contributed by atoms with Gasteiger partial charge in [-0.05, 0) is 29.8 Å². The maximum Gasteiger partial charge on any atom is 0.0719 e. The standard InChI is InChI=1S/C14H7Cl2N3/c15-12-8-11(14(18-19-17)13(16)9-12)7-6-10-4-2-1-3-5-10/h1-5,8-9H. The van der Waals surface area contributed by atoms with E-state index in [-0.39, 0.29) is 10.7 Å². The van der Waals surface area contributed by atoms with Gasteiger partial charge in [0, 0.05) is 21.1 Å². The third-order valence-corrected chi connectivity index (χ3v) is 2.79. The molecule has 0 fully saturated rings. The second-order valence-corrected chi connectivity index (χ2v) is 4.43. The molecular weight excluding hydrogens is 281 g/mol. The molecule has 3 nitrogen and oxygen atoms in total. The second kappa shape index (κ2) is 6.17. The van der Waals surface area contributed by atoms with Gasteiger partial charge in [0.05, 0.1) is 10.7 Å². The molecule has 0 heterocycles. The van der Waals surface area contributed by atoms with E-state index in [1.54, 1.807) is 6.07 Å². The number of hydrogen-bond donors (Lipinski definition) is 0. The van der Waals surface area contributed by atoms with Crippen molar-refractivity contribution in [2.75, 3.05) is 0 Å². The molecule has 2 aromatic carbocycles. The van der Waals surface area contributed by atoms with Crippen LogP contribution in [0.25, 0.3) is 10.4 Å². The Hall–Kier alpha value is -2.11. The van der Waals surface area contributed by atoms with E-state index in [0.717, 1.165) is 5.56 Å². The quantitative estimate of drug-likeness (QED) is 0.294. The van der Waals surface area contributed by atoms with Crippen LogP contribution in [0.4, 0.5) is 5.69 Å². The van der Waals surface area contributed by atoms with Crippen molar-refractivity contribution in [3.8, 4) is 11.8 Å². The fourth-order valence-electron chi connectivity index (χ4n) is 1.47. The molecule has 0 N–H and O–H groups in total. The molecule has 0 amide bonds.